The summed E-state index contributed by atoms with van der Waals surface area (Å²) in [5.74, 6) is 1.49. The van der Waals surface area contributed by atoms with Gasteiger partial charge < -0.3 is 10.1 Å². The highest BCUT2D eigenvalue weighted by atomic mass is 32.2. The van der Waals surface area contributed by atoms with Gasteiger partial charge in [0.2, 0.25) is 5.91 Å². The zero-order valence-corrected chi connectivity index (χ0v) is 12.9. The first-order valence-corrected chi connectivity index (χ1v) is 8.06. The van der Waals surface area contributed by atoms with Gasteiger partial charge in [-0.3, -0.25) is 9.78 Å². The molecule has 0 aliphatic carbocycles. The molecule has 1 fully saturated rings. The molecule has 0 unspecified atom stereocenters. The lowest BCUT2D eigenvalue weighted by Gasteiger charge is -2.22. The van der Waals surface area contributed by atoms with Gasteiger partial charge in [-0.2, -0.15) is 0 Å². The molecule has 1 amide bonds. The van der Waals surface area contributed by atoms with Gasteiger partial charge in [0.15, 0.2) is 0 Å². The quantitative estimate of drug-likeness (QED) is 0.818. The summed E-state index contributed by atoms with van der Waals surface area (Å²) in [4.78, 5) is 16.9. The Morgan fingerprint density at radius 2 is 2.25 bits per heavy atom. The van der Waals surface area contributed by atoms with Crippen molar-refractivity contribution in [2.45, 2.75) is 31.3 Å². The van der Waals surface area contributed by atoms with Crippen molar-refractivity contribution in [3.05, 3.63) is 24.5 Å². The van der Waals surface area contributed by atoms with Gasteiger partial charge in [-0.1, -0.05) is 13.8 Å². The maximum absolute atomic E-state index is 11.9. The van der Waals surface area contributed by atoms with E-state index in [4.69, 9.17) is 4.74 Å². The fourth-order valence-electron chi connectivity index (χ4n) is 2.49. The number of thioether (sulfide) groups is 1. The predicted octanol–water partition coefficient (Wildman–Crippen LogP) is 2.35. The van der Waals surface area contributed by atoms with Gasteiger partial charge in [-0.25, -0.2) is 0 Å². The standard InChI is InChI=1S/C15H22N2O2S/c1-11(2)15-12(5-8-19-15)9-17-14(18)10-20-13-3-6-16-7-4-13/h3-4,6-7,11-12,15H,5,8-10H2,1-2H3,(H,17,18)/t12-,15+/m0/s1. The number of carbonyl (C=O) groups excluding carboxylic acids is 1. The zero-order valence-electron chi connectivity index (χ0n) is 12.0. The van der Waals surface area contributed by atoms with E-state index < -0.39 is 0 Å². The Hall–Kier alpha value is -1.07. The fourth-order valence-corrected chi connectivity index (χ4v) is 3.20. The molecule has 1 aliphatic heterocycles. The van der Waals surface area contributed by atoms with Crippen molar-refractivity contribution in [3.63, 3.8) is 0 Å². The van der Waals surface area contributed by atoms with Crippen LogP contribution in [0.1, 0.15) is 20.3 Å². The molecule has 0 radical (unpaired) electrons. The second-order valence-corrected chi connectivity index (χ2v) is 6.45. The van der Waals surface area contributed by atoms with Gasteiger partial charge in [-0.15, -0.1) is 11.8 Å². The normalized spacial score (nSPS) is 22.1. The van der Waals surface area contributed by atoms with E-state index in [1.165, 1.54) is 11.8 Å². The summed E-state index contributed by atoms with van der Waals surface area (Å²) in [6.07, 6.45) is 4.80. The highest BCUT2D eigenvalue weighted by molar-refractivity contribution is 8.00. The molecule has 1 aliphatic rings. The Morgan fingerprint density at radius 3 is 2.95 bits per heavy atom. The van der Waals surface area contributed by atoms with E-state index in [1.807, 2.05) is 12.1 Å². The minimum Gasteiger partial charge on any atom is -0.378 e. The van der Waals surface area contributed by atoms with Crippen LogP contribution < -0.4 is 5.32 Å². The molecule has 1 saturated heterocycles. The molecule has 0 aromatic carbocycles. The van der Waals surface area contributed by atoms with E-state index in [2.05, 4.69) is 24.1 Å². The molecule has 2 rings (SSSR count). The van der Waals surface area contributed by atoms with E-state index in [0.717, 1.165) is 24.5 Å². The summed E-state index contributed by atoms with van der Waals surface area (Å²) >= 11 is 1.53. The third-order valence-electron chi connectivity index (χ3n) is 3.50. The predicted molar refractivity (Wildman–Crippen MR) is 80.7 cm³/mol. The van der Waals surface area contributed by atoms with Crippen LogP contribution in [0.4, 0.5) is 0 Å². The number of hydrogen-bond donors (Lipinski definition) is 1. The molecule has 5 heteroatoms. The summed E-state index contributed by atoms with van der Waals surface area (Å²) in [6.45, 7) is 5.88. The van der Waals surface area contributed by atoms with Crippen LogP contribution in [-0.4, -0.2) is 35.9 Å². The van der Waals surface area contributed by atoms with Gasteiger partial charge in [-0.05, 0) is 24.5 Å². The Morgan fingerprint density at radius 1 is 1.50 bits per heavy atom. The lowest BCUT2D eigenvalue weighted by atomic mass is 9.93. The van der Waals surface area contributed by atoms with E-state index in [0.29, 0.717) is 17.6 Å². The van der Waals surface area contributed by atoms with Crippen LogP contribution in [-0.2, 0) is 9.53 Å². The van der Waals surface area contributed by atoms with E-state index in [-0.39, 0.29) is 12.0 Å². The van der Waals surface area contributed by atoms with Gasteiger partial charge in [0.1, 0.15) is 0 Å². The molecule has 20 heavy (non-hydrogen) atoms. The lowest BCUT2D eigenvalue weighted by Crippen LogP contribution is -2.35. The molecule has 1 aromatic rings. The van der Waals surface area contributed by atoms with Gasteiger partial charge in [0.05, 0.1) is 11.9 Å². The molecule has 0 saturated carbocycles. The van der Waals surface area contributed by atoms with E-state index in [9.17, 15) is 4.79 Å². The van der Waals surface area contributed by atoms with Crippen molar-refractivity contribution in [3.8, 4) is 0 Å². The largest absolute Gasteiger partial charge is 0.378 e. The number of ether oxygens (including phenoxy) is 1. The monoisotopic (exact) mass is 294 g/mol. The number of nitrogens with one attached hydrogen (secondary N) is 1. The van der Waals surface area contributed by atoms with Crippen LogP contribution in [0.5, 0.6) is 0 Å². The summed E-state index contributed by atoms with van der Waals surface area (Å²) < 4.78 is 5.73. The van der Waals surface area contributed by atoms with Crippen molar-refractivity contribution >= 4 is 17.7 Å². The number of aromatic nitrogens is 1. The highest BCUT2D eigenvalue weighted by Gasteiger charge is 2.30. The topological polar surface area (TPSA) is 51.2 Å². The summed E-state index contributed by atoms with van der Waals surface area (Å²) in [6, 6.07) is 3.83. The SMILES string of the molecule is CC(C)[C@H]1OCC[C@H]1CNC(=O)CSc1ccncc1. The van der Waals surface area contributed by atoms with Crippen LogP contribution in [0, 0.1) is 11.8 Å². The van der Waals surface area contributed by atoms with Crippen molar-refractivity contribution in [1.29, 1.82) is 0 Å². The molecule has 0 bridgehead atoms. The Labute approximate surface area is 124 Å². The van der Waals surface area contributed by atoms with Crippen molar-refractivity contribution in [1.82, 2.24) is 10.3 Å². The van der Waals surface area contributed by atoms with Crippen LogP contribution >= 0.6 is 11.8 Å². The summed E-state index contributed by atoms with van der Waals surface area (Å²) in [5, 5.41) is 3.02. The average Bonchev–Trinajstić information content (AvgIpc) is 2.92. The van der Waals surface area contributed by atoms with Crippen LogP contribution in [0.3, 0.4) is 0 Å². The first kappa shape index (κ1) is 15.3. The summed E-state index contributed by atoms with van der Waals surface area (Å²) in [5.41, 5.74) is 0. The van der Waals surface area contributed by atoms with E-state index in [1.54, 1.807) is 12.4 Å². The minimum atomic E-state index is 0.0845. The third kappa shape index (κ3) is 4.49. The van der Waals surface area contributed by atoms with Gasteiger partial charge in [0.25, 0.3) is 0 Å². The molecule has 1 N–H and O–H groups in total. The second kappa shape index (κ2) is 7.64. The van der Waals surface area contributed by atoms with Gasteiger partial charge in [0, 0.05) is 36.4 Å². The molecule has 110 valence electrons. The molecule has 2 atom stereocenters. The Balaban J connectivity index is 1.70. The minimum absolute atomic E-state index is 0.0845. The molecule has 1 aromatic heterocycles. The Kier molecular flexibility index (Phi) is 5.86. The number of rotatable bonds is 6. The maximum Gasteiger partial charge on any atom is 0.230 e. The van der Waals surface area contributed by atoms with Gasteiger partial charge >= 0.3 is 0 Å². The molecule has 2 heterocycles. The van der Waals surface area contributed by atoms with E-state index >= 15 is 0 Å². The lowest BCUT2D eigenvalue weighted by molar-refractivity contribution is -0.118. The fraction of sp³-hybridized carbons (Fsp3) is 0.600. The Bertz CT molecular complexity index is 425. The number of hydrogen-bond acceptors (Lipinski definition) is 4. The van der Waals surface area contributed by atoms with Crippen LogP contribution in [0.2, 0.25) is 0 Å². The third-order valence-corrected chi connectivity index (χ3v) is 4.51. The zero-order chi connectivity index (χ0) is 14.4. The molecule has 4 nitrogen and oxygen atoms in total. The van der Waals surface area contributed by atoms with Crippen molar-refractivity contribution in [2.75, 3.05) is 18.9 Å². The van der Waals surface area contributed by atoms with Crippen molar-refractivity contribution < 1.29 is 9.53 Å². The summed E-state index contributed by atoms with van der Waals surface area (Å²) in [7, 11) is 0. The van der Waals surface area contributed by atoms with Crippen LogP contribution in [0.15, 0.2) is 29.4 Å². The van der Waals surface area contributed by atoms with Crippen LogP contribution in [0.25, 0.3) is 0 Å². The number of carbonyl (C=O) groups is 1. The van der Waals surface area contributed by atoms with Crippen molar-refractivity contribution in [2.24, 2.45) is 11.8 Å². The highest BCUT2D eigenvalue weighted by Crippen LogP contribution is 2.26. The number of pyridine rings is 1. The molecular formula is C15H22N2O2S. The molecule has 0 spiro atoms. The second-order valence-electron chi connectivity index (χ2n) is 5.40. The first-order chi connectivity index (χ1) is 9.66. The average molecular weight is 294 g/mol. The maximum atomic E-state index is 11.9. The number of nitrogens with zero attached hydrogens (tertiary/aromatic N) is 1. The number of amides is 1. The molecular weight excluding hydrogens is 272 g/mol. The first-order valence-electron chi connectivity index (χ1n) is 7.08. The smallest absolute Gasteiger partial charge is 0.230 e.